The molecule has 0 atom stereocenters. The minimum atomic E-state index is -0.100. The third kappa shape index (κ3) is 6.88. The number of aromatic nitrogens is 3. The number of anilines is 2. The summed E-state index contributed by atoms with van der Waals surface area (Å²) < 4.78 is 0. The summed E-state index contributed by atoms with van der Waals surface area (Å²) in [6.45, 7) is 6.43. The molecule has 2 aromatic heterocycles. The first-order chi connectivity index (χ1) is 20.0. The van der Waals surface area contributed by atoms with Gasteiger partial charge in [0.25, 0.3) is 5.91 Å². The second-order valence-corrected chi connectivity index (χ2v) is 10.2. The van der Waals surface area contributed by atoms with E-state index in [-0.39, 0.29) is 11.8 Å². The number of piperazine rings is 1. The summed E-state index contributed by atoms with van der Waals surface area (Å²) in [6, 6.07) is 19.5. The number of aromatic amines is 1. The van der Waals surface area contributed by atoms with Crippen LogP contribution >= 0.6 is 0 Å². The van der Waals surface area contributed by atoms with Gasteiger partial charge in [-0.2, -0.15) is 5.26 Å². The van der Waals surface area contributed by atoms with Crippen LogP contribution in [0.2, 0.25) is 0 Å². The first kappa shape index (κ1) is 27.8. The highest BCUT2D eigenvalue weighted by Crippen LogP contribution is 2.29. The number of benzene rings is 2. The molecule has 0 spiro atoms. The molecule has 5 rings (SSSR count). The van der Waals surface area contributed by atoms with Crippen LogP contribution in [0.5, 0.6) is 0 Å². The van der Waals surface area contributed by atoms with Crippen molar-refractivity contribution in [2.24, 2.45) is 0 Å². The van der Waals surface area contributed by atoms with E-state index in [0.29, 0.717) is 43.1 Å². The molecule has 210 valence electrons. The predicted octanol–water partition coefficient (Wildman–Crippen LogP) is 3.49. The van der Waals surface area contributed by atoms with E-state index in [9.17, 15) is 9.59 Å². The zero-order chi connectivity index (χ0) is 28.6. The first-order valence-electron chi connectivity index (χ1n) is 13.9. The Morgan fingerprint density at radius 3 is 2.63 bits per heavy atom. The number of carbonyl (C=O) groups excluding carboxylic acids is 2. The van der Waals surface area contributed by atoms with Crippen LogP contribution in [0.15, 0.2) is 67.1 Å². The van der Waals surface area contributed by atoms with E-state index in [1.54, 1.807) is 0 Å². The van der Waals surface area contributed by atoms with Crippen molar-refractivity contribution in [3.05, 3.63) is 83.8 Å². The molecule has 3 heterocycles. The van der Waals surface area contributed by atoms with E-state index in [2.05, 4.69) is 31.2 Å². The summed E-state index contributed by atoms with van der Waals surface area (Å²) in [5.74, 6) is 0.623. The van der Waals surface area contributed by atoms with Crippen molar-refractivity contribution in [2.75, 3.05) is 50.7 Å². The third-order valence-corrected chi connectivity index (χ3v) is 7.39. The highest BCUT2D eigenvalue weighted by molar-refractivity contribution is 5.96. The van der Waals surface area contributed by atoms with Gasteiger partial charge in [0.15, 0.2) is 0 Å². The SMILES string of the molecule is CC(=O)NCCN(c1cccc(C(=O)N2CCN(CCCc3ccc(C#N)cc3)CC2)c1)c1ncnc2[nH]ccc12. The molecule has 41 heavy (non-hydrogen) atoms. The number of hydrogen-bond acceptors (Lipinski definition) is 7. The van der Waals surface area contributed by atoms with E-state index in [4.69, 9.17) is 5.26 Å². The molecular weight excluding hydrogens is 516 g/mol. The standard InChI is InChI=1S/C31H34N8O2/c1-23(40)33-13-15-39(30-28-11-12-34-29(28)35-22-36-30)27-6-2-5-26(20-27)31(41)38-18-16-37(17-19-38)14-3-4-24-7-9-25(21-32)10-8-24/h2,5-12,20,22H,3-4,13-19H2,1H3,(H,33,40)(H,34,35,36). The number of fused-ring (bicyclic) bond motifs is 1. The van der Waals surface area contributed by atoms with Gasteiger partial charge in [0.2, 0.25) is 5.91 Å². The van der Waals surface area contributed by atoms with E-state index in [1.165, 1.54) is 18.8 Å². The van der Waals surface area contributed by atoms with Crippen LogP contribution in [0.25, 0.3) is 11.0 Å². The van der Waals surface area contributed by atoms with Gasteiger partial charge in [-0.05, 0) is 61.3 Å². The van der Waals surface area contributed by atoms with Crippen LogP contribution in [0.3, 0.4) is 0 Å². The van der Waals surface area contributed by atoms with Gasteiger partial charge in [-0.1, -0.05) is 18.2 Å². The smallest absolute Gasteiger partial charge is 0.254 e. The molecule has 0 unspecified atom stereocenters. The highest BCUT2D eigenvalue weighted by Gasteiger charge is 2.23. The van der Waals surface area contributed by atoms with Crippen molar-refractivity contribution in [3.63, 3.8) is 0 Å². The Kier molecular flexibility index (Phi) is 8.86. The minimum absolute atomic E-state index is 0.0142. The molecule has 0 aliphatic carbocycles. The van der Waals surface area contributed by atoms with Gasteiger partial charge in [-0.15, -0.1) is 0 Å². The van der Waals surface area contributed by atoms with Gasteiger partial charge in [0, 0.05) is 63.6 Å². The maximum atomic E-state index is 13.5. The fourth-order valence-corrected chi connectivity index (χ4v) is 5.19. The quantitative estimate of drug-likeness (QED) is 0.310. The Morgan fingerprint density at radius 1 is 1.07 bits per heavy atom. The van der Waals surface area contributed by atoms with Crippen LogP contribution in [0, 0.1) is 11.3 Å². The molecule has 10 nitrogen and oxygen atoms in total. The number of nitriles is 1. The molecule has 2 N–H and O–H groups in total. The predicted molar refractivity (Wildman–Crippen MR) is 158 cm³/mol. The Morgan fingerprint density at radius 2 is 1.88 bits per heavy atom. The lowest BCUT2D eigenvalue weighted by Crippen LogP contribution is -2.48. The summed E-state index contributed by atoms with van der Waals surface area (Å²) in [5, 5.41) is 12.7. The van der Waals surface area contributed by atoms with Crippen LogP contribution < -0.4 is 10.2 Å². The number of nitrogens with zero attached hydrogens (tertiary/aromatic N) is 6. The molecule has 1 saturated heterocycles. The minimum Gasteiger partial charge on any atom is -0.355 e. The molecule has 4 aromatic rings. The molecule has 2 amide bonds. The highest BCUT2D eigenvalue weighted by atomic mass is 16.2. The van der Waals surface area contributed by atoms with E-state index >= 15 is 0 Å². The Bertz CT molecular complexity index is 1530. The van der Waals surface area contributed by atoms with E-state index in [0.717, 1.165) is 49.2 Å². The number of nitrogens with one attached hydrogen (secondary N) is 2. The van der Waals surface area contributed by atoms with Crippen LogP contribution in [-0.2, 0) is 11.2 Å². The average molecular weight is 551 g/mol. The number of H-pyrrole nitrogens is 1. The maximum absolute atomic E-state index is 13.5. The largest absolute Gasteiger partial charge is 0.355 e. The number of rotatable bonds is 10. The Labute approximate surface area is 239 Å². The van der Waals surface area contributed by atoms with Crippen molar-refractivity contribution in [1.82, 2.24) is 30.1 Å². The summed E-state index contributed by atoms with van der Waals surface area (Å²) in [5.41, 5.74) is 4.10. The number of aryl methyl sites for hydroxylation is 1. The first-order valence-corrected chi connectivity index (χ1v) is 13.9. The normalized spacial score (nSPS) is 13.6. The van der Waals surface area contributed by atoms with Crippen LogP contribution in [0.1, 0.15) is 34.8 Å². The number of amides is 2. The lowest BCUT2D eigenvalue weighted by atomic mass is 10.1. The molecule has 2 aromatic carbocycles. The zero-order valence-corrected chi connectivity index (χ0v) is 23.2. The molecule has 1 aliphatic rings. The van der Waals surface area contributed by atoms with Crippen molar-refractivity contribution in [2.45, 2.75) is 19.8 Å². The van der Waals surface area contributed by atoms with E-state index in [1.807, 2.05) is 70.6 Å². The van der Waals surface area contributed by atoms with Gasteiger partial charge in [-0.25, -0.2) is 9.97 Å². The van der Waals surface area contributed by atoms with Crippen molar-refractivity contribution in [1.29, 1.82) is 5.26 Å². The molecule has 1 aliphatic heterocycles. The fraction of sp³-hybridized carbons (Fsp3) is 0.323. The van der Waals surface area contributed by atoms with Gasteiger partial charge in [0.05, 0.1) is 17.0 Å². The monoisotopic (exact) mass is 550 g/mol. The second-order valence-electron chi connectivity index (χ2n) is 10.2. The molecule has 10 heteroatoms. The van der Waals surface area contributed by atoms with Gasteiger partial charge >= 0.3 is 0 Å². The molecule has 0 saturated carbocycles. The topological polar surface area (TPSA) is 121 Å². The van der Waals surface area contributed by atoms with Crippen LogP contribution in [-0.4, -0.2) is 82.4 Å². The average Bonchev–Trinajstić information content (AvgIpc) is 3.49. The molecule has 1 fully saturated rings. The summed E-state index contributed by atoms with van der Waals surface area (Å²) in [6.07, 6.45) is 5.34. The summed E-state index contributed by atoms with van der Waals surface area (Å²) in [7, 11) is 0. The van der Waals surface area contributed by atoms with Crippen LogP contribution in [0.4, 0.5) is 11.5 Å². The summed E-state index contributed by atoms with van der Waals surface area (Å²) >= 11 is 0. The lowest BCUT2D eigenvalue weighted by Gasteiger charge is -2.35. The van der Waals surface area contributed by atoms with Gasteiger partial charge in [0.1, 0.15) is 17.8 Å². The molecule has 0 radical (unpaired) electrons. The lowest BCUT2D eigenvalue weighted by molar-refractivity contribution is -0.118. The Hall–Kier alpha value is -4.75. The zero-order valence-electron chi connectivity index (χ0n) is 23.2. The van der Waals surface area contributed by atoms with Gasteiger partial charge < -0.3 is 20.1 Å². The molecule has 0 bridgehead atoms. The van der Waals surface area contributed by atoms with E-state index < -0.39 is 0 Å². The fourth-order valence-electron chi connectivity index (χ4n) is 5.19. The second kappa shape index (κ2) is 13.1. The number of carbonyl (C=O) groups is 2. The van der Waals surface area contributed by atoms with Crippen molar-refractivity contribution in [3.8, 4) is 6.07 Å². The third-order valence-electron chi connectivity index (χ3n) is 7.39. The summed E-state index contributed by atoms with van der Waals surface area (Å²) in [4.78, 5) is 43.4. The molecular formula is C31H34N8O2. The van der Waals surface area contributed by atoms with Crippen molar-refractivity contribution < 1.29 is 9.59 Å². The Balaban J connectivity index is 1.22. The number of hydrogen-bond donors (Lipinski definition) is 2. The van der Waals surface area contributed by atoms with Crippen molar-refractivity contribution >= 4 is 34.4 Å². The maximum Gasteiger partial charge on any atom is 0.254 e. The van der Waals surface area contributed by atoms with Gasteiger partial charge in [-0.3, -0.25) is 14.5 Å².